The number of halogens is 2. The van der Waals surface area contributed by atoms with E-state index in [2.05, 4.69) is 5.43 Å². The molecule has 4 aliphatic rings. The van der Waals surface area contributed by atoms with E-state index in [1.807, 2.05) is 6.08 Å². The van der Waals surface area contributed by atoms with E-state index in [4.69, 9.17) is 32.7 Å². The molecule has 6 unspecified atom stereocenters. The van der Waals surface area contributed by atoms with Gasteiger partial charge in [-0.05, 0) is 78.9 Å². The number of amides is 4. The highest BCUT2D eigenvalue weighted by molar-refractivity contribution is 6.36. The van der Waals surface area contributed by atoms with Crippen molar-refractivity contribution in [3.8, 4) is 17.2 Å². The molecule has 13 nitrogen and oxygen atoms in total. The maximum Gasteiger partial charge on any atom is 0.269 e. The number of allylic oxidation sites excluding steroid dienone is 2. The van der Waals surface area contributed by atoms with Crippen molar-refractivity contribution in [1.29, 1.82) is 0 Å². The van der Waals surface area contributed by atoms with Crippen LogP contribution in [0.3, 0.4) is 0 Å². The van der Waals surface area contributed by atoms with Crippen LogP contribution in [-0.4, -0.2) is 52.9 Å². The second-order valence-corrected chi connectivity index (χ2v) is 14.7. The third kappa shape index (κ3) is 5.35. The number of nitro benzene ring substituents is 1. The summed E-state index contributed by atoms with van der Waals surface area (Å²) in [6.07, 6.45) is 1.94. The molecule has 0 spiro atoms. The lowest BCUT2D eigenvalue weighted by Gasteiger charge is -2.50. The number of carbonyl (C=O) groups excluding carboxylic acids is 4. The number of benzene rings is 4. The SMILES string of the molecule is COc1ccc(C23C(=O)N(Nc4ccc(Cl)cc4Cl)C(=O)C2CC2C(=CCC4C(=O)N(c5ccc([N+](=O)[O-])cc5)C(=O)C42)C3c2c(O)cccc2OC)cc1. The van der Waals surface area contributed by atoms with Gasteiger partial charge in [-0.2, -0.15) is 5.01 Å². The lowest BCUT2D eigenvalue weighted by Crippen LogP contribution is -2.53. The maximum atomic E-state index is 15.5. The second-order valence-electron chi connectivity index (χ2n) is 13.9. The molecule has 1 saturated carbocycles. The zero-order chi connectivity index (χ0) is 38.9. The number of hydrazine groups is 1. The Morgan fingerprint density at radius 3 is 2.27 bits per heavy atom. The molecule has 0 aromatic heterocycles. The highest BCUT2D eigenvalue weighted by Crippen LogP contribution is 2.66. The smallest absolute Gasteiger partial charge is 0.269 e. The molecule has 2 saturated heterocycles. The first-order valence-electron chi connectivity index (χ1n) is 17.3. The van der Waals surface area contributed by atoms with Crippen LogP contribution in [0.15, 0.2) is 96.6 Å². The number of aromatic hydroxyl groups is 1. The Balaban J connectivity index is 1.33. The van der Waals surface area contributed by atoms with Crippen LogP contribution in [0.5, 0.6) is 17.2 Å². The minimum absolute atomic E-state index is 0.0182. The van der Waals surface area contributed by atoms with E-state index in [1.54, 1.807) is 48.5 Å². The number of rotatable bonds is 8. The second kappa shape index (κ2) is 13.4. The molecule has 0 radical (unpaired) electrons. The fourth-order valence-electron chi connectivity index (χ4n) is 9.14. The number of ether oxygens (including phenoxy) is 2. The summed E-state index contributed by atoms with van der Waals surface area (Å²) < 4.78 is 11.3. The Morgan fingerprint density at radius 1 is 0.891 bits per heavy atom. The van der Waals surface area contributed by atoms with Crippen LogP contribution < -0.4 is 19.8 Å². The van der Waals surface area contributed by atoms with Gasteiger partial charge >= 0.3 is 0 Å². The van der Waals surface area contributed by atoms with Crippen LogP contribution in [0, 0.1) is 33.8 Å². The van der Waals surface area contributed by atoms with Gasteiger partial charge in [0.05, 0.1) is 58.7 Å². The number of non-ortho nitro benzene ring substituents is 1. The van der Waals surface area contributed by atoms with Crippen LogP contribution in [0.4, 0.5) is 17.1 Å². The Labute approximate surface area is 324 Å². The molecule has 55 heavy (non-hydrogen) atoms. The largest absolute Gasteiger partial charge is 0.508 e. The van der Waals surface area contributed by atoms with Crippen molar-refractivity contribution >= 4 is 63.9 Å². The number of nitrogens with zero attached hydrogens (tertiary/aromatic N) is 3. The van der Waals surface area contributed by atoms with Gasteiger partial charge < -0.3 is 14.6 Å². The molecule has 2 aliphatic carbocycles. The van der Waals surface area contributed by atoms with Crippen LogP contribution in [0.25, 0.3) is 0 Å². The van der Waals surface area contributed by atoms with Crippen LogP contribution in [-0.2, 0) is 24.6 Å². The molecule has 2 heterocycles. The van der Waals surface area contributed by atoms with Crippen molar-refractivity contribution in [2.24, 2.45) is 23.7 Å². The number of nitro groups is 1. The minimum Gasteiger partial charge on any atom is -0.508 e. The van der Waals surface area contributed by atoms with Gasteiger partial charge in [-0.15, -0.1) is 0 Å². The first-order valence-corrected chi connectivity index (χ1v) is 18.1. The molecule has 4 aromatic carbocycles. The van der Waals surface area contributed by atoms with Gasteiger partial charge in [0.2, 0.25) is 11.8 Å². The summed E-state index contributed by atoms with van der Waals surface area (Å²) in [4.78, 5) is 70.8. The predicted molar refractivity (Wildman–Crippen MR) is 201 cm³/mol. The fraction of sp³-hybridized carbons (Fsp3) is 0.250. The molecule has 2 N–H and O–H groups in total. The molecule has 280 valence electrons. The van der Waals surface area contributed by atoms with Gasteiger partial charge in [-0.25, -0.2) is 0 Å². The number of phenolic OH excluding ortho intramolecular Hbond substituents is 1. The number of hydrogen-bond acceptors (Lipinski definition) is 10. The van der Waals surface area contributed by atoms with Gasteiger partial charge in [0.1, 0.15) is 17.2 Å². The first kappa shape index (κ1) is 36.1. The number of fused-ring (bicyclic) bond motifs is 4. The summed E-state index contributed by atoms with van der Waals surface area (Å²) in [6.45, 7) is 0. The van der Waals surface area contributed by atoms with Crippen molar-refractivity contribution in [1.82, 2.24) is 5.01 Å². The third-order valence-corrected chi connectivity index (χ3v) is 12.0. The van der Waals surface area contributed by atoms with Gasteiger partial charge in [0.15, 0.2) is 0 Å². The lowest BCUT2D eigenvalue weighted by atomic mass is 9.49. The number of imide groups is 2. The van der Waals surface area contributed by atoms with Gasteiger partial charge in [0, 0.05) is 28.6 Å². The normalized spacial score (nSPS) is 25.6. The van der Waals surface area contributed by atoms with E-state index < -0.39 is 63.6 Å². The Bertz CT molecular complexity index is 2330. The average molecular weight is 784 g/mol. The topological polar surface area (TPSA) is 169 Å². The summed E-state index contributed by atoms with van der Waals surface area (Å²) in [5.41, 5.74) is 2.70. The molecule has 15 heteroatoms. The Hall–Kier alpha value is -5.92. The molecule has 2 aliphatic heterocycles. The van der Waals surface area contributed by atoms with E-state index in [0.29, 0.717) is 21.9 Å². The molecule has 3 fully saturated rings. The van der Waals surface area contributed by atoms with E-state index in [0.717, 1.165) is 9.91 Å². The van der Waals surface area contributed by atoms with Gasteiger partial charge in [-0.1, -0.05) is 53.1 Å². The summed E-state index contributed by atoms with van der Waals surface area (Å²) in [7, 11) is 2.94. The number of phenols is 1. The van der Waals surface area contributed by atoms with E-state index in [9.17, 15) is 29.6 Å². The van der Waals surface area contributed by atoms with Crippen molar-refractivity contribution in [3.05, 3.63) is 128 Å². The summed E-state index contributed by atoms with van der Waals surface area (Å²) >= 11 is 12.7. The third-order valence-electron chi connectivity index (χ3n) is 11.5. The molecule has 4 amide bonds. The standard InChI is InChI=1S/C40H32Cl2N4O9/c1-54-24-13-6-20(7-14-24)40-28(37(49)45(39(40)51)43-30-17-8-21(41)18-29(30)42)19-27-25(35(40)34-31(47)4-3-5-32(34)55-2)15-16-26-33(27)38(50)44(36(26)48)22-9-11-23(12-10-22)46(52)53/h3-15,17-18,26-28,33,35,43,47H,16,19H2,1-2H3. The average Bonchev–Trinajstić information content (AvgIpc) is 3.56. The number of anilines is 2. The zero-order valence-corrected chi connectivity index (χ0v) is 30.8. The van der Waals surface area contributed by atoms with Crippen molar-refractivity contribution in [2.45, 2.75) is 24.2 Å². The van der Waals surface area contributed by atoms with Gasteiger partial charge in [0.25, 0.3) is 17.5 Å². The molecule has 6 atom stereocenters. The number of methoxy groups -OCH3 is 2. The van der Waals surface area contributed by atoms with Crippen LogP contribution >= 0.6 is 23.2 Å². The van der Waals surface area contributed by atoms with Crippen molar-refractivity contribution in [2.75, 3.05) is 24.5 Å². The van der Waals surface area contributed by atoms with E-state index >= 15 is 4.79 Å². The minimum atomic E-state index is -1.72. The van der Waals surface area contributed by atoms with Gasteiger partial charge in [-0.3, -0.25) is 39.6 Å². The monoisotopic (exact) mass is 782 g/mol. The van der Waals surface area contributed by atoms with Crippen molar-refractivity contribution < 1.29 is 38.7 Å². The zero-order valence-electron chi connectivity index (χ0n) is 29.3. The van der Waals surface area contributed by atoms with Crippen LogP contribution in [0.2, 0.25) is 10.0 Å². The highest BCUT2D eigenvalue weighted by atomic mass is 35.5. The first-order chi connectivity index (χ1) is 26.4. The van der Waals surface area contributed by atoms with Crippen molar-refractivity contribution in [3.63, 3.8) is 0 Å². The van der Waals surface area contributed by atoms with Crippen LogP contribution in [0.1, 0.15) is 29.9 Å². The number of nitrogens with one attached hydrogen (secondary N) is 1. The summed E-state index contributed by atoms with van der Waals surface area (Å²) in [6, 6.07) is 21.2. The molecular weight excluding hydrogens is 751 g/mol. The Kier molecular flexibility index (Phi) is 8.81. The number of hydrogen-bond donors (Lipinski definition) is 2. The molecular formula is C40H32Cl2N4O9. The van der Waals surface area contributed by atoms with E-state index in [1.165, 1.54) is 50.6 Å². The quantitative estimate of drug-likeness (QED) is 0.0838. The summed E-state index contributed by atoms with van der Waals surface area (Å²) in [5.74, 6) is -6.45. The highest BCUT2D eigenvalue weighted by Gasteiger charge is 2.71. The van der Waals surface area contributed by atoms with E-state index in [-0.39, 0.29) is 52.0 Å². The maximum absolute atomic E-state index is 15.5. The Morgan fingerprint density at radius 2 is 1.62 bits per heavy atom. The lowest BCUT2D eigenvalue weighted by molar-refractivity contribution is -0.384. The molecule has 8 rings (SSSR count). The fourth-order valence-corrected chi connectivity index (χ4v) is 9.59. The summed E-state index contributed by atoms with van der Waals surface area (Å²) in [5, 5.41) is 24.5. The molecule has 4 aromatic rings. The number of carbonyl (C=O) groups is 4. The predicted octanol–water partition coefficient (Wildman–Crippen LogP) is 6.81. The molecule has 0 bridgehead atoms.